The molecule has 4 nitrogen and oxygen atoms in total. The maximum absolute atomic E-state index is 12.9. The minimum Gasteiger partial charge on any atom is -0.496 e. The number of ether oxygens (including phenoxy) is 2. The summed E-state index contributed by atoms with van der Waals surface area (Å²) in [6.45, 7) is 1.81. The van der Waals surface area contributed by atoms with Crippen molar-refractivity contribution in [2.45, 2.75) is 13.1 Å². The fourth-order valence-corrected chi connectivity index (χ4v) is 3.57. The number of halogens is 3. The molecule has 0 radical (unpaired) electrons. The van der Waals surface area contributed by atoms with E-state index >= 15 is 0 Å². The molecule has 0 aliphatic rings. The van der Waals surface area contributed by atoms with E-state index in [1.807, 2.05) is 6.92 Å². The van der Waals surface area contributed by atoms with Crippen LogP contribution in [-0.2, 0) is 6.18 Å². The Morgan fingerprint density at radius 1 is 1.19 bits per heavy atom. The van der Waals surface area contributed by atoms with Crippen molar-refractivity contribution in [1.29, 1.82) is 0 Å². The van der Waals surface area contributed by atoms with E-state index in [9.17, 15) is 23.1 Å². The average molecular weight is 382 g/mol. The Kier molecular flexibility index (Phi) is 4.53. The molecule has 0 spiro atoms. The van der Waals surface area contributed by atoms with Gasteiger partial charge in [0.25, 0.3) is 0 Å². The molecule has 0 aliphatic heterocycles. The first-order chi connectivity index (χ1) is 12.2. The Bertz CT molecular complexity index is 992. The maximum atomic E-state index is 12.9. The van der Waals surface area contributed by atoms with E-state index in [0.29, 0.717) is 15.8 Å². The molecule has 1 N–H and O–H groups in total. The van der Waals surface area contributed by atoms with E-state index in [0.717, 1.165) is 29.0 Å². The van der Waals surface area contributed by atoms with Crippen LogP contribution in [0, 0.1) is 6.92 Å². The second kappa shape index (κ2) is 6.53. The van der Waals surface area contributed by atoms with E-state index in [-0.39, 0.29) is 16.4 Å². The summed E-state index contributed by atoms with van der Waals surface area (Å²) in [5.74, 6) is -0.789. The number of hydrogen-bond donors (Lipinski definition) is 1. The van der Waals surface area contributed by atoms with Gasteiger partial charge in [0.1, 0.15) is 11.5 Å². The summed E-state index contributed by atoms with van der Waals surface area (Å²) in [6.07, 6.45) is -4.52. The largest absolute Gasteiger partial charge is 0.496 e. The first kappa shape index (κ1) is 18.1. The van der Waals surface area contributed by atoms with Crippen LogP contribution in [-0.4, -0.2) is 18.2 Å². The number of aromatic carboxylic acids is 1. The summed E-state index contributed by atoms with van der Waals surface area (Å²) in [7, 11) is 1.48. The number of hydrogen-bond acceptors (Lipinski definition) is 4. The van der Waals surface area contributed by atoms with Gasteiger partial charge in [0.15, 0.2) is 10.6 Å². The molecule has 1 aromatic heterocycles. The Hall–Kier alpha value is -2.74. The molecule has 8 heteroatoms. The number of fused-ring (bicyclic) bond motifs is 1. The highest BCUT2D eigenvalue weighted by Gasteiger charge is 2.31. The molecule has 26 heavy (non-hydrogen) atoms. The zero-order valence-electron chi connectivity index (χ0n) is 13.7. The van der Waals surface area contributed by atoms with Gasteiger partial charge in [-0.1, -0.05) is 6.07 Å². The number of carboxylic acids is 1. The molecule has 0 bridgehead atoms. The summed E-state index contributed by atoms with van der Waals surface area (Å²) in [5.41, 5.74) is -0.0661. The molecule has 0 saturated carbocycles. The lowest BCUT2D eigenvalue weighted by Crippen LogP contribution is -2.04. The van der Waals surface area contributed by atoms with Crippen LogP contribution in [0.15, 0.2) is 36.4 Å². The van der Waals surface area contributed by atoms with Crippen LogP contribution >= 0.6 is 11.3 Å². The molecule has 0 unspecified atom stereocenters. The number of benzene rings is 2. The van der Waals surface area contributed by atoms with Crippen molar-refractivity contribution in [1.82, 2.24) is 0 Å². The van der Waals surface area contributed by atoms with Crippen LogP contribution in [0.25, 0.3) is 10.1 Å². The SMILES string of the molecule is COc1cc2c(Oc3cccc(C(F)(F)F)c3)c(C(=O)O)sc2cc1C. The van der Waals surface area contributed by atoms with Crippen LogP contribution in [0.1, 0.15) is 20.8 Å². The first-order valence-corrected chi connectivity index (χ1v) is 8.22. The summed E-state index contributed by atoms with van der Waals surface area (Å²) < 4.78 is 50.1. The number of carboxylic acid groups (broad SMARTS) is 1. The number of thiophene rings is 1. The van der Waals surface area contributed by atoms with Crippen LogP contribution in [0.5, 0.6) is 17.2 Å². The van der Waals surface area contributed by atoms with E-state index in [1.54, 1.807) is 12.1 Å². The summed E-state index contributed by atoms with van der Waals surface area (Å²) in [5, 5.41) is 9.91. The predicted molar refractivity (Wildman–Crippen MR) is 91.6 cm³/mol. The van der Waals surface area contributed by atoms with Crippen LogP contribution in [0.2, 0.25) is 0 Å². The molecule has 0 amide bonds. The Labute approximate surface area is 150 Å². The van der Waals surface area contributed by atoms with Gasteiger partial charge in [-0.15, -0.1) is 11.3 Å². The fourth-order valence-electron chi connectivity index (χ4n) is 2.52. The van der Waals surface area contributed by atoms with E-state index in [1.165, 1.54) is 19.2 Å². The molecule has 3 rings (SSSR count). The van der Waals surface area contributed by atoms with Gasteiger partial charge in [0.05, 0.1) is 12.7 Å². The van der Waals surface area contributed by atoms with Crippen molar-refractivity contribution in [3.05, 3.63) is 52.4 Å². The van der Waals surface area contributed by atoms with Crippen molar-refractivity contribution < 1.29 is 32.5 Å². The second-order valence-electron chi connectivity index (χ2n) is 5.51. The highest BCUT2D eigenvalue weighted by molar-refractivity contribution is 7.21. The minimum absolute atomic E-state index is 0.00451. The standard InChI is InChI=1S/C18H13F3O4S/c1-9-6-14-12(8-13(9)24-2)15(16(26-14)17(22)23)25-11-5-3-4-10(7-11)18(19,20)21/h3-8H,1-2H3,(H,22,23). The van der Waals surface area contributed by atoms with Crippen molar-refractivity contribution in [2.24, 2.45) is 0 Å². The number of methoxy groups -OCH3 is 1. The molecule has 0 aliphatic carbocycles. The molecule has 0 saturated heterocycles. The van der Waals surface area contributed by atoms with E-state index in [2.05, 4.69) is 0 Å². The van der Waals surface area contributed by atoms with Crippen LogP contribution in [0.3, 0.4) is 0 Å². The highest BCUT2D eigenvalue weighted by Crippen LogP contribution is 2.43. The zero-order chi connectivity index (χ0) is 19.1. The third-order valence-corrected chi connectivity index (χ3v) is 4.86. The van der Waals surface area contributed by atoms with Gasteiger partial charge < -0.3 is 14.6 Å². The van der Waals surface area contributed by atoms with Crippen LogP contribution in [0.4, 0.5) is 13.2 Å². The lowest BCUT2D eigenvalue weighted by molar-refractivity contribution is -0.137. The van der Waals surface area contributed by atoms with Gasteiger partial charge in [-0.05, 0) is 42.8 Å². The quantitative estimate of drug-likeness (QED) is 0.626. The summed E-state index contributed by atoms with van der Waals surface area (Å²) >= 11 is 0.992. The van der Waals surface area contributed by atoms with E-state index < -0.39 is 17.7 Å². The second-order valence-corrected chi connectivity index (χ2v) is 6.56. The summed E-state index contributed by atoms with van der Waals surface area (Å²) in [4.78, 5) is 11.5. The molecule has 2 aromatic carbocycles. The van der Waals surface area contributed by atoms with Gasteiger partial charge >= 0.3 is 12.1 Å². The zero-order valence-corrected chi connectivity index (χ0v) is 14.5. The topological polar surface area (TPSA) is 55.8 Å². The molecule has 1 heterocycles. The number of aryl methyl sites for hydroxylation is 1. The molecular weight excluding hydrogens is 369 g/mol. The van der Waals surface area contributed by atoms with Crippen molar-refractivity contribution in [3.63, 3.8) is 0 Å². The smallest absolute Gasteiger partial charge is 0.416 e. The molecule has 0 fully saturated rings. The normalized spacial score (nSPS) is 11.6. The van der Waals surface area contributed by atoms with Crippen molar-refractivity contribution in [2.75, 3.05) is 7.11 Å². The monoisotopic (exact) mass is 382 g/mol. The van der Waals surface area contributed by atoms with Crippen molar-refractivity contribution >= 4 is 27.4 Å². The lowest BCUT2D eigenvalue weighted by Gasteiger charge is -2.11. The van der Waals surface area contributed by atoms with Gasteiger partial charge in [-0.3, -0.25) is 0 Å². The van der Waals surface area contributed by atoms with Crippen LogP contribution < -0.4 is 9.47 Å². The van der Waals surface area contributed by atoms with Crippen molar-refractivity contribution in [3.8, 4) is 17.2 Å². The van der Waals surface area contributed by atoms with Gasteiger partial charge in [0.2, 0.25) is 0 Å². The predicted octanol–water partition coefficient (Wildman–Crippen LogP) is 5.73. The number of carbonyl (C=O) groups is 1. The number of rotatable bonds is 4. The summed E-state index contributed by atoms with van der Waals surface area (Å²) in [6, 6.07) is 7.68. The average Bonchev–Trinajstić information content (AvgIpc) is 2.91. The maximum Gasteiger partial charge on any atom is 0.416 e. The fraction of sp³-hybridized carbons (Fsp3) is 0.167. The molecule has 0 atom stereocenters. The highest BCUT2D eigenvalue weighted by atomic mass is 32.1. The number of alkyl halides is 3. The van der Waals surface area contributed by atoms with Gasteiger partial charge in [-0.25, -0.2) is 4.79 Å². The Morgan fingerprint density at radius 3 is 2.54 bits per heavy atom. The third kappa shape index (κ3) is 3.32. The third-order valence-electron chi connectivity index (χ3n) is 3.74. The Morgan fingerprint density at radius 2 is 1.92 bits per heavy atom. The van der Waals surface area contributed by atoms with E-state index in [4.69, 9.17) is 9.47 Å². The minimum atomic E-state index is -4.52. The Balaban J connectivity index is 2.14. The van der Waals surface area contributed by atoms with Gasteiger partial charge in [0, 0.05) is 10.1 Å². The lowest BCUT2D eigenvalue weighted by atomic mass is 10.1. The molecular formula is C18H13F3O4S. The molecule has 3 aromatic rings. The molecule has 136 valence electrons. The first-order valence-electron chi connectivity index (χ1n) is 7.40. The van der Waals surface area contributed by atoms with Gasteiger partial charge in [-0.2, -0.15) is 13.2 Å².